The van der Waals surface area contributed by atoms with E-state index >= 15 is 0 Å². The van der Waals surface area contributed by atoms with Crippen LogP contribution in [0.5, 0.6) is 0 Å². The molecule has 0 aromatic carbocycles. The second kappa shape index (κ2) is 4.40. The number of anilines is 2. The highest BCUT2D eigenvalue weighted by Gasteiger charge is 1.99. The number of hydrogen-bond donors (Lipinski definition) is 2. The molecular weight excluding hydrogens is 228 g/mol. The lowest BCUT2D eigenvalue weighted by Gasteiger charge is -2.08. The van der Waals surface area contributed by atoms with Crippen molar-refractivity contribution in [2.45, 2.75) is 6.54 Å². The van der Waals surface area contributed by atoms with E-state index in [4.69, 9.17) is 5.73 Å². The number of pyridine rings is 1. The van der Waals surface area contributed by atoms with E-state index in [0.29, 0.717) is 5.69 Å². The van der Waals surface area contributed by atoms with Crippen LogP contribution in [-0.2, 0) is 6.54 Å². The Morgan fingerprint density at radius 1 is 1.33 bits per heavy atom. The van der Waals surface area contributed by atoms with Crippen LogP contribution in [0, 0.1) is 0 Å². The van der Waals surface area contributed by atoms with Crippen molar-refractivity contribution in [1.29, 1.82) is 0 Å². The van der Waals surface area contributed by atoms with E-state index in [1.165, 1.54) is 0 Å². The monoisotopic (exact) mass is 242 g/mol. The van der Waals surface area contributed by atoms with Crippen LogP contribution in [0.4, 0.5) is 11.5 Å². The molecule has 3 aromatic rings. The van der Waals surface area contributed by atoms with Crippen molar-refractivity contribution in [3.63, 3.8) is 0 Å². The molecule has 3 N–H and O–H groups in total. The molecule has 18 heavy (non-hydrogen) atoms. The van der Waals surface area contributed by atoms with Crippen molar-refractivity contribution in [2.75, 3.05) is 17.6 Å². The normalized spacial score (nSPS) is 10.9. The molecule has 0 amide bonds. The summed E-state index contributed by atoms with van der Waals surface area (Å²) in [6.07, 6.45) is 7.19. The molecule has 0 atom stereocenters. The molecule has 0 aliphatic heterocycles. The highest BCUT2D eigenvalue weighted by atomic mass is 15.3. The molecule has 0 bridgehead atoms. The van der Waals surface area contributed by atoms with E-state index in [1.807, 2.05) is 39.7 Å². The maximum absolute atomic E-state index is 5.61. The number of aromatic nitrogens is 4. The molecule has 0 radical (unpaired) electrons. The standard InChI is InChI=1S/C12H14N6/c13-10-8-16-17(9-10)6-4-14-11-2-1-3-12-15-5-7-18(11)12/h1-3,5,7-9,14H,4,6,13H2. The van der Waals surface area contributed by atoms with Crippen molar-refractivity contribution >= 4 is 17.2 Å². The molecule has 3 aromatic heterocycles. The molecule has 0 saturated carbocycles. The zero-order valence-corrected chi connectivity index (χ0v) is 9.82. The topological polar surface area (TPSA) is 73.2 Å². The summed E-state index contributed by atoms with van der Waals surface area (Å²) in [5, 5.41) is 7.48. The molecule has 6 heteroatoms. The van der Waals surface area contributed by atoms with Crippen molar-refractivity contribution in [3.8, 4) is 0 Å². The van der Waals surface area contributed by atoms with Gasteiger partial charge in [-0.2, -0.15) is 5.10 Å². The Kier molecular flexibility index (Phi) is 2.60. The Bertz CT molecular complexity index is 653. The van der Waals surface area contributed by atoms with Crippen LogP contribution in [-0.4, -0.2) is 25.7 Å². The minimum absolute atomic E-state index is 0.687. The summed E-state index contributed by atoms with van der Waals surface area (Å²) in [4.78, 5) is 4.24. The van der Waals surface area contributed by atoms with Gasteiger partial charge in [0.1, 0.15) is 11.5 Å². The van der Waals surface area contributed by atoms with E-state index in [2.05, 4.69) is 15.4 Å². The van der Waals surface area contributed by atoms with Crippen LogP contribution in [0.15, 0.2) is 43.0 Å². The largest absolute Gasteiger partial charge is 0.396 e. The summed E-state index contributed by atoms with van der Waals surface area (Å²) in [6.45, 7) is 1.54. The molecule has 3 heterocycles. The summed E-state index contributed by atoms with van der Waals surface area (Å²) >= 11 is 0. The predicted molar refractivity (Wildman–Crippen MR) is 70.3 cm³/mol. The molecule has 0 unspecified atom stereocenters. The molecule has 0 aliphatic rings. The second-order valence-electron chi connectivity index (χ2n) is 4.03. The molecule has 0 fully saturated rings. The molecule has 0 aliphatic carbocycles. The molecule has 0 saturated heterocycles. The molecular formula is C12H14N6. The van der Waals surface area contributed by atoms with E-state index in [9.17, 15) is 0 Å². The van der Waals surface area contributed by atoms with Crippen molar-refractivity contribution < 1.29 is 0 Å². The van der Waals surface area contributed by atoms with Crippen LogP contribution in [0.2, 0.25) is 0 Å². The van der Waals surface area contributed by atoms with Gasteiger partial charge >= 0.3 is 0 Å². The van der Waals surface area contributed by atoms with E-state index in [-0.39, 0.29) is 0 Å². The zero-order valence-electron chi connectivity index (χ0n) is 9.82. The number of nitrogens with two attached hydrogens (primary N) is 1. The first-order valence-electron chi connectivity index (χ1n) is 5.77. The van der Waals surface area contributed by atoms with Crippen LogP contribution in [0.1, 0.15) is 0 Å². The predicted octanol–water partition coefficient (Wildman–Crippen LogP) is 1.23. The summed E-state index contributed by atoms with van der Waals surface area (Å²) in [7, 11) is 0. The zero-order chi connectivity index (χ0) is 12.4. The summed E-state index contributed by atoms with van der Waals surface area (Å²) in [6, 6.07) is 5.97. The highest BCUT2D eigenvalue weighted by Crippen LogP contribution is 2.10. The fraction of sp³-hybridized carbons (Fsp3) is 0.167. The van der Waals surface area contributed by atoms with Gasteiger partial charge < -0.3 is 11.1 Å². The van der Waals surface area contributed by atoms with E-state index < -0.39 is 0 Å². The fourth-order valence-electron chi connectivity index (χ4n) is 1.89. The third-order valence-electron chi connectivity index (χ3n) is 2.73. The second-order valence-corrected chi connectivity index (χ2v) is 4.03. The number of nitrogen functional groups attached to an aromatic ring is 1. The maximum atomic E-state index is 5.61. The number of imidazole rings is 1. The number of hydrogen-bond acceptors (Lipinski definition) is 4. The van der Waals surface area contributed by atoms with Gasteiger partial charge in [0, 0.05) is 25.1 Å². The Morgan fingerprint density at radius 3 is 3.11 bits per heavy atom. The SMILES string of the molecule is Nc1cnn(CCNc2cccc3nccn23)c1. The fourth-order valence-corrected chi connectivity index (χ4v) is 1.89. The summed E-state index contributed by atoms with van der Waals surface area (Å²) < 4.78 is 3.83. The van der Waals surface area contributed by atoms with Gasteiger partial charge in [0.15, 0.2) is 0 Å². The van der Waals surface area contributed by atoms with Gasteiger partial charge in [0.05, 0.1) is 18.4 Å². The maximum Gasteiger partial charge on any atom is 0.138 e. The van der Waals surface area contributed by atoms with Gasteiger partial charge in [-0.3, -0.25) is 9.08 Å². The molecule has 0 spiro atoms. The number of nitrogens with zero attached hydrogens (tertiary/aromatic N) is 4. The Hall–Kier alpha value is -2.50. The lowest BCUT2D eigenvalue weighted by molar-refractivity contribution is 0.637. The minimum atomic E-state index is 0.687. The number of fused-ring (bicyclic) bond motifs is 1. The summed E-state index contributed by atoms with van der Waals surface area (Å²) in [5.41, 5.74) is 7.23. The minimum Gasteiger partial charge on any atom is -0.396 e. The quantitative estimate of drug-likeness (QED) is 0.721. The molecule has 6 nitrogen and oxygen atoms in total. The third-order valence-corrected chi connectivity index (χ3v) is 2.73. The third kappa shape index (κ3) is 2.00. The molecule has 3 rings (SSSR count). The smallest absolute Gasteiger partial charge is 0.138 e. The van der Waals surface area contributed by atoms with Crippen LogP contribution >= 0.6 is 0 Å². The van der Waals surface area contributed by atoms with Crippen molar-refractivity contribution in [2.24, 2.45) is 0 Å². The summed E-state index contributed by atoms with van der Waals surface area (Å²) in [5.74, 6) is 1.02. The van der Waals surface area contributed by atoms with Gasteiger partial charge in [0.25, 0.3) is 0 Å². The van der Waals surface area contributed by atoms with Gasteiger partial charge in [0.2, 0.25) is 0 Å². The number of nitrogens with one attached hydrogen (secondary N) is 1. The first-order valence-corrected chi connectivity index (χ1v) is 5.77. The number of rotatable bonds is 4. The van der Waals surface area contributed by atoms with Gasteiger partial charge in [-0.05, 0) is 12.1 Å². The highest BCUT2D eigenvalue weighted by molar-refractivity contribution is 5.49. The van der Waals surface area contributed by atoms with Gasteiger partial charge in [-0.25, -0.2) is 4.98 Å². The first kappa shape index (κ1) is 10.6. The Balaban J connectivity index is 1.68. The van der Waals surface area contributed by atoms with Crippen LogP contribution in [0.25, 0.3) is 5.65 Å². The van der Waals surface area contributed by atoms with Gasteiger partial charge in [-0.1, -0.05) is 6.07 Å². The van der Waals surface area contributed by atoms with Crippen LogP contribution in [0.3, 0.4) is 0 Å². The van der Waals surface area contributed by atoms with Gasteiger partial charge in [-0.15, -0.1) is 0 Å². The average molecular weight is 242 g/mol. The first-order chi connectivity index (χ1) is 8.83. The van der Waals surface area contributed by atoms with E-state index in [0.717, 1.165) is 24.6 Å². The Labute approximate surface area is 104 Å². The lowest BCUT2D eigenvalue weighted by Crippen LogP contribution is -2.12. The van der Waals surface area contributed by atoms with Crippen LogP contribution < -0.4 is 11.1 Å². The lowest BCUT2D eigenvalue weighted by atomic mass is 10.4. The van der Waals surface area contributed by atoms with E-state index in [1.54, 1.807) is 12.4 Å². The van der Waals surface area contributed by atoms with Crippen molar-refractivity contribution in [3.05, 3.63) is 43.0 Å². The average Bonchev–Trinajstić information content (AvgIpc) is 2.98. The van der Waals surface area contributed by atoms with Crippen molar-refractivity contribution in [1.82, 2.24) is 19.2 Å². The molecule has 92 valence electrons. The Morgan fingerprint density at radius 2 is 2.28 bits per heavy atom.